The fourth-order valence-corrected chi connectivity index (χ4v) is 4.26. The van der Waals surface area contributed by atoms with Crippen molar-refractivity contribution in [1.29, 1.82) is 0 Å². The van der Waals surface area contributed by atoms with Crippen molar-refractivity contribution in [2.75, 3.05) is 0 Å². The third-order valence-electron chi connectivity index (χ3n) is 5.24. The van der Waals surface area contributed by atoms with Gasteiger partial charge in [-0.3, -0.25) is 4.79 Å². The van der Waals surface area contributed by atoms with Crippen molar-refractivity contribution in [3.8, 4) is 5.75 Å². The van der Waals surface area contributed by atoms with E-state index in [-0.39, 0.29) is 28.5 Å². The fraction of sp³-hybridized carbons (Fsp3) is 0.458. The summed E-state index contributed by atoms with van der Waals surface area (Å²) < 4.78 is 42.9. The van der Waals surface area contributed by atoms with Gasteiger partial charge in [-0.2, -0.15) is 8.42 Å². The Hall–Kier alpha value is -2.41. The van der Waals surface area contributed by atoms with Crippen molar-refractivity contribution >= 4 is 16.0 Å². The highest BCUT2D eigenvalue weighted by Gasteiger charge is 2.25. The predicted octanol–water partition coefficient (Wildman–Crippen LogP) is 5.55. The van der Waals surface area contributed by atoms with Crippen LogP contribution < -0.4 is 4.18 Å². The van der Waals surface area contributed by atoms with Crippen molar-refractivity contribution in [3.63, 3.8) is 0 Å². The van der Waals surface area contributed by atoms with Crippen LogP contribution in [0.2, 0.25) is 0 Å². The molecule has 0 radical (unpaired) electrons. The quantitative estimate of drug-likeness (QED) is 0.422. The van der Waals surface area contributed by atoms with Crippen molar-refractivity contribution in [1.82, 2.24) is 4.90 Å². The van der Waals surface area contributed by atoms with Gasteiger partial charge in [-0.15, -0.1) is 0 Å². The molecule has 0 saturated heterocycles. The van der Waals surface area contributed by atoms with E-state index in [1.54, 1.807) is 24.3 Å². The largest absolute Gasteiger partial charge is 0.379 e. The Bertz CT molecular complexity index is 941. The lowest BCUT2D eigenvalue weighted by Gasteiger charge is -2.30. The molecule has 0 bridgehead atoms. The molecule has 1 unspecified atom stereocenters. The number of benzene rings is 2. The van der Waals surface area contributed by atoms with Gasteiger partial charge in [0.15, 0.2) is 0 Å². The van der Waals surface area contributed by atoms with Gasteiger partial charge in [-0.1, -0.05) is 38.8 Å². The lowest BCUT2D eigenvalue weighted by atomic mass is 9.97. The molecule has 1 atom stereocenters. The molecule has 0 aliphatic heterocycles. The average Bonchev–Trinajstić information content (AvgIpc) is 2.73. The number of hydrogen-bond acceptors (Lipinski definition) is 4. The summed E-state index contributed by atoms with van der Waals surface area (Å²) in [5.74, 6) is -0.187. The molecular weight excluding hydrogens is 417 g/mol. The number of nitrogens with zero attached hydrogens (tertiary/aromatic N) is 1. The van der Waals surface area contributed by atoms with Gasteiger partial charge >= 0.3 is 10.1 Å². The highest BCUT2D eigenvalue weighted by Crippen LogP contribution is 2.23. The van der Waals surface area contributed by atoms with Crippen LogP contribution in [0.5, 0.6) is 5.75 Å². The van der Waals surface area contributed by atoms with Crippen LogP contribution in [-0.2, 0) is 21.5 Å². The maximum Gasteiger partial charge on any atom is 0.339 e. The van der Waals surface area contributed by atoms with E-state index in [4.69, 9.17) is 4.18 Å². The summed E-state index contributed by atoms with van der Waals surface area (Å²) >= 11 is 0. The van der Waals surface area contributed by atoms with Crippen LogP contribution in [0, 0.1) is 11.7 Å². The fourth-order valence-electron chi connectivity index (χ4n) is 3.33. The summed E-state index contributed by atoms with van der Waals surface area (Å²) in [7, 11) is -4.05. The summed E-state index contributed by atoms with van der Waals surface area (Å²) in [5, 5.41) is 0. The summed E-state index contributed by atoms with van der Waals surface area (Å²) in [5.41, 5.74) is 0.888. The van der Waals surface area contributed by atoms with Gasteiger partial charge in [0, 0.05) is 18.5 Å². The third-order valence-corrected chi connectivity index (χ3v) is 6.50. The molecule has 0 heterocycles. The Balaban J connectivity index is 2.10. The zero-order valence-corrected chi connectivity index (χ0v) is 19.5. The number of halogens is 1. The smallest absolute Gasteiger partial charge is 0.339 e. The maximum atomic E-state index is 13.1. The lowest BCUT2D eigenvalue weighted by molar-refractivity contribution is -0.138. The highest BCUT2D eigenvalue weighted by atomic mass is 32.2. The van der Waals surface area contributed by atoms with Crippen LogP contribution in [0.25, 0.3) is 0 Å². The molecule has 0 aromatic heterocycles. The van der Waals surface area contributed by atoms with E-state index in [2.05, 4.69) is 6.92 Å². The minimum Gasteiger partial charge on any atom is -0.379 e. The standard InChI is InChI=1S/C24H32FNO4S/c1-5-7-8-20(6-2)24(27)26(18(3)4)17-19-9-13-22(14-10-19)30-31(28,29)23-15-11-21(25)12-16-23/h9-16,18,20H,5-8,17H2,1-4H3. The molecule has 0 aliphatic carbocycles. The van der Waals surface area contributed by atoms with Gasteiger partial charge in [-0.25, -0.2) is 4.39 Å². The van der Waals surface area contributed by atoms with E-state index < -0.39 is 15.9 Å². The van der Waals surface area contributed by atoms with Crippen LogP contribution in [-0.4, -0.2) is 25.3 Å². The predicted molar refractivity (Wildman–Crippen MR) is 120 cm³/mol. The molecule has 2 aromatic rings. The van der Waals surface area contributed by atoms with Crippen molar-refractivity contribution in [2.45, 2.75) is 70.9 Å². The van der Waals surface area contributed by atoms with Gasteiger partial charge < -0.3 is 9.08 Å². The van der Waals surface area contributed by atoms with E-state index in [9.17, 15) is 17.6 Å². The minimum atomic E-state index is -4.05. The van der Waals surface area contributed by atoms with Crippen LogP contribution in [0.4, 0.5) is 4.39 Å². The van der Waals surface area contributed by atoms with Crippen LogP contribution in [0.15, 0.2) is 53.4 Å². The van der Waals surface area contributed by atoms with E-state index in [0.717, 1.165) is 55.5 Å². The number of rotatable bonds is 11. The Morgan fingerprint density at radius 2 is 1.65 bits per heavy atom. The number of hydrogen-bond donors (Lipinski definition) is 0. The summed E-state index contributed by atoms with van der Waals surface area (Å²) in [6, 6.07) is 11.2. The Labute approximate surface area is 185 Å². The average molecular weight is 450 g/mol. The molecule has 0 saturated carbocycles. The number of carbonyl (C=O) groups excluding carboxylic acids is 1. The summed E-state index contributed by atoms with van der Waals surface area (Å²) in [4.78, 5) is 14.8. The first-order chi connectivity index (χ1) is 14.7. The van der Waals surface area contributed by atoms with Crippen LogP contribution >= 0.6 is 0 Å². The molecule has 0 spiro atoms. The first-order valence-electron chi connectivity index (χ1n) is 10.8. The van der Waals surface area contributed by atoms with Gasteiger partial charge in [0.05, 0.1) is 0 Å². The molecule has 170 valence electrons. The second-order valence-electron chi connectivity index (χ2n) is 7.94. The third kappa shape index (κ3) is 7.06. The summed E-state index contributed by atoms with van der Waals surface area (Å²) in [6.07, 6.45) is 3.80. The van der Waals surface area contributed by atoms with Crippen LogP contribution in [0.3, 0.4) is 0 Å². The van der Waals surface area contributed by atoms with Gasteiger partial charge in [-0.05, 0) is 68.7 Å². The maximum absolute atomic E-state index is 13.1. The molecule has 0 fully saturated rings. The van der Waals surface area contributed by atoms with E-state index in [1.165, 1.54) is 0 Å². The highest BCUT2D eigenvalue weighted by molar-refractivity contribution is 7.87. The molecular formula is C24H32FNO4S. The van der Waals surface area contributed by atoms with Crippen molar-refractivity contribution < 1.29 is 21.8 Å². The number of amides is 1. The van der Waals surface area contributed by atoms with Crippen LogP contribution in [0.1, 0.15) is 58.9 Å². The molecule has 31 heavy (non-hydrogen) atoms. The zero-order chi connectivity index (χ0) is 23.0. The zero-order valence-electron chi connectivity index (χ0n) is 18.7. The molecule has 2 rings (SSSR count). The molecule has 0 N–H and O–H groups in total. The van der Waals surface area contributed by atoms with E-state index in [1.807, 2.05) is 25.7 Å². The molecule has 1 amide bonds. The SMILES string of the molecule is CCCCC(CC)C(=O)N(Cc1ccc(OS(=O)(=O)c2ccc(F)cc2)cc1)C(C)C. The molecule has 2 aromatic carbocycles. The van der Waals surface area contributed by atoms with Gasteiger partial charge in [0.1, 0.15) is 16.5 Å². The second-order valence-corrected chi connectivity index (χ2v) is 9.49. The lowest BCUT2D eigenvalue weighted by Crippen LogP contribution is -2.40. The summed E-state index contributed by atoms with van der Waals surface area (Å²) in [6.45, 7) is 8.61. The van der Waals surface area contributed by atoms with Gasteiger partial charge in [0.2, 0.25) is 5.91 Å². The minimum absolute atomic E-state index is 0.0193. The number of unbranched alkanes of at least 4 members (excludes halogenated alkanes) is 1. The molecule has 7 heteroatoms. The number of carbonyl (C=O) groups is 1. The second kappa shape index (κ2) is 11.3. The molecule has 5 nitrogen and oxygen atoms in total. The Kier molecular flexibility index (Phi) is 9.04. The van der Waals surface area contributed by atoms with Crippen molar-refractivity contribution in [2.24, 2.45) is 5.92 Å². The first kappa shape index (κ1) is 24.9. The Morgan fingerprint density at radius 1 is 1.03 bits per heavy atom. The topological polar surface area (TPSA) is 63.7 Å². The first-order valence-corrected chi connectivity index (χ1v) is 12.2. The van der Waals surface area contributed by atoms with E-state index in [0.29, 0.717) is 6.54 Å². The van der Waals surface area contributed by atoms with Crippen molar-refractivity contribution in [3.05, 3.63) is 59.9 Å². The van der Waals surface area contributed by atoms with Gasteiger partial charge in [0.25, 0.3) is 0 Å². The molecule has 0 aliphatic rings. The Morgan fingerprint density at radius 3 is 2.16 bits per heavy atom. The normalized spacial score (nSPS) is 12.6. The monoisotopic (exact) mass is 449 g/mol. The van der Waals surface area contributed by atoms with E-state index >= 15 is 0 Å².